The molecule has 1 saturated carbocycles. The van der Waals surface area contributed by atoms with E-state index in [9.17, 15) is 14.0 Å². The fourth-order valence-electron chi connectivity index (χ4n) is 4.14. The van der Waals surface area contributed by atoms with Crippen LogP contribution in [0.1, 0.15) is 24.4 Å². The second-order valence-corrected chi connectivity index (χ2v) is 8.96. The lowest BCUT2D eigenvalue weighted by molar-refractivity contribution is -0.139. The maximum Gasteiger partial charge on any atom is 0.309 e. The molecule has 2 aliphatic rings. The first-order valence-corrected chi connectivity index (χ1v) is 11.5. The summed E-state index contributed by atoms with van der Waals surface area (Å²) in [6.07, 6.45) is 1.89. The maximum atomic E-state index is 13.3. The molecule has 1 heterocycles. The van der Waals surface area contributed by atoms with Crippen LogP contribution in [0.2, 0.25) is 0 Å². The number of anilines is 2. The molecule has 7 nitrogen and oxygen atoms in total. The molecule has 2 N–H and O–H groups in total. The minimum Gasteiger partial charge on any atom is -0.378 e. The van der Waals surface area contributed by atoms with Crippen LogP contribution in [-0.4, -0.2) is 69.6 Å². The van der Waals surface area contributed by atoms with Gasteiger partial charge >= 0.3 is 11.8 Å². The van der Waals surface area contributed by atoms with Crippen molar-refractivity contribution in [2.45, 2.75) is 24.9 Å². The summed E-state index contributed by atoms with van der Waals surface area (Å²) in [7, 11) is 4.00. The Morgan fingerprint density at radius 3 is 2.18 bits per heavy atom. The highest BCUT2D eigenvalue weighted by molar-refractivity contribution is 6.35. The molecule has 8 heteroatoms. The molecule has 0 bridgehead atoms. The van der Waals surface area contributed by atoms with Gasteiger partial charge in [0.1, 0.15) is 5.82 Å². The molecule has 1 unspecified atom stereocenters. The molecule has 1 saturated heterocycles. The van der Waals surface area contributed by atoms with Crippen molar-refractivity contribution in [2.24, 2.45) is 0 Å². The lowest BCUT2D eigenvalue weighted by Crippen LogP contribution is -2.51. The predicted octanol–water partition coefficient (Wildman–Crippen LogP) is 2.15. The van der Waals surface area contributed by atoms with Crippen LogP contribution >= 0.6 is 0 Å². The third-order valence-corrected chi connectivity index (χ3v) is 6.32. The first-order valence-electron chi connectivity index (χ1n) is 11.5. The highest BCUT2D eigenvalue weighted by Crippen LogP contribution is 2.26. The van der Waals surface area contributed by atoms with Crippen molar-refractivity contribution >= 4 is 23.2 Å². The zero-order chi connectivity index (χ0) is 23.4. The van der Waals surface area contributed by atoms with Crippen LogP contribution < -0.4 is 20.4 Å². The third-order valence-electron chi connectivity index (χ3n) is 6.32. The first-order chi connectivity index (χ1) is 15.9. The molecule has 0 aromatic heterocycles. The SMILES string of the molecule is CN(C)c1ccc(C(CNC(=O)C(=O)NC2CC2)N2CCN(c3ccc(F)cc3)CC2)cc1. The van der Waals surface area contributed by atoms with Crippen LogP contribution in [0, 0.1) is 5.82 Å². The quantitative estimate of drug-likeness (QED) is 0.629. The molecule has 176 valence electrons. The Morgan fingerprint density at radius 1 is 0.970 bits per heavy atom. The monoisotopic (exact) mass is 453 g/mol. The van der Waals surface area contributed by atoms with Gasteiger partial charge in [0, 0.05) is 64.2 Å². The van der Waals surface area contributed by atoms with Crippen LogP contribution in [-0.2, 0) is 9.59 Å². The number of nitrogens with zero attached hydrogens (tertiary/aromatic N) is 3. The second kappa shape index (κ2) is 10.2. The smallest absolute Gasteiger partial charge is 0.309 e. The zero-order valence-electron chi connectivity index (χ0n) is 19.3. The first kappa shape index (κ1) is 23.0. The number of carbonyl (C=O) groups is 2. The summed E-state index contributed by atoms with van der Waals surface area (Å²) in [6.45, 7) is 3.54. The van der Waals surface area contributed by atoms with E-state index in [0.29, 0.717) is 6.54 Å². The Balaban J connectivity index is 1.43. The predicted molar refractivity (Wildman–Crippen MR) is 128 cm³/mol. The summed E-state index contributed by atoms with van der Waals surface area (Å²) in [5.74, 6) is -1.37. The molecule has 2 aromatic carbocycles. The standard InChI is InChI=1S/C25H32FN5O2/c1-29(2)21-9-3-18(4-10-21)23(17-27-24(32)25(33)28-20-7-8-20)31-15-13-30(14-16-31)22-11-5-19(26)6-12-22/h3-6,9-12,20,23H,7-8,13-17H2,1-2H3,(H,27,32)(H,28,33). The van der Waals surface area contributed by atoms with Gasteiger partial charge in [-0.05, 0) is 54.8 Å². The van der Waals surface area contributed by atoms with E-state index in [1.165, 1.54) is 12.1 Å². The van der Waals surface area contributed by atoms with Crippen LogP contribution in [0.4, 0.5) is 15.8 Å². The van der Waals surface area contributed by atoms with Gasteiger partial charge in [-0.25, -0.2) is 4.39 Å². The summed E-state index contributed by atoms with van der Waals surface area (Å²) in [5.41, 5.74) is 3.21. The summed E-state index contributed by atoms with van der Waals surface area (Å²) >= 11 is 0. The van der Waals surface area contributed by atoms with Crippen molar-refractivity contribution in [1.29, 1.82) is 0 Å². The van der Waals surface area contributed by atoms with E-state index in [1.54, 1.807) is 12.1 Å². The van der Waals surface area contributed by atoms with Crippen molar-refractivity contribution in [2.75, 3.05) is 56.6 Å². The summed E-state index contributed by atoms with van der Waals surface area (Å²) in [4.78, 5) is 31.1. The number of hydrogen-bond donors (Lipinski definition) is 2. The molecule has 2 amide bonds. The van der Waals surface area contributed by atoms with E-state index in [0.717, 1.165) is 56.0 Å². The number of piperazine rings is 1. The van der Waals surface area contributed by atoms with E-state index in [2.05, 4.69) is 44.7 Å². The van der Waals surface area contributed by atoms with Crippen LogP contribution in [0.25, 0.3) is 0 Å². The van der Waals surface area contributed by atoms with Crippen molar-refractivity contribution in [1.82, 2.24) is 15.5 Å². The number of carbonyl (C=O) groups excluding carboxylic acids is 2. The largest absolute Gasteiger partial charge is 0.378 e. The second-order valence-electron chi connectivity index (χ2n) is 8.96. The van der Waals surface area contributed by atoms with Gasteiger partial charge in [-0.3, -0.25) is 14.5 Å². The van der Waals surface area contributed by atoms with Crippen molar-refractivity contribution in [3.63, 3.8) is 0 Å². The Bertz CT molecular complexity index is 952. The molecule has 4 rings (SSSR count). The molecule has 2 fully saturated rings. The summed E-state index contributed by atoms with van der Waals surface area (Å²) in [5, 5.41) is 5.58. The van der Waals surface area contributed by atoms with Gasteiger partial charge in [-0.2, -0.15) is 0 Å². The van der Waals surface area contributed by atoms with Gasteiger partial charge in [0.25, 0.3) is 0 Å². The number of halogens is 1. The van der Waals surface area contributed by atoms with Gasteiger partial charge in [0.15, 0.2) is 0 Å². The van der Waals surface area contributed by atoms with E-state index in [4.69, 9.17) is 0 Å². The number of rotatable bonds is 7. The number of nitrogens with one attached hydrogen (secondary N) is 2. The molecular formula is C25H32FN5O2. The Hall–Kier alpha value is -3.13. The number of amides is 2. The Kier molecular flexibility index (Phi) is 7.13. The average molecular weight is 454 g/mol. The molecular weight excluding hydrogens is 421 g/mol. The normalized spacial score (nSPS) is 17.4. The maximum absolute atomic E-state index is 13.3. The van der Waals surface area contributed by atoms with Gasteiger partial charge < -0.3 is 20.4 Å². The van der Waals surface area contributed by atoms with E-state index in [-0.39, 0.29) is 17.9 Å². The molecule has 1 aliphatic heterocycles. The highest BCUT2D eigenvalue weighted by Gasteiger charge is 2.29. The average Bonchev–Trinajstić information content (AvgIpc) is 3.64. The summed E-state index contributed by atoms with van der Waals surface area (Å²) < 4.78 is 13.3. The minimum absolute atomic E-state index is 0.0470. The Labute approximate surface area is 194 Å². The fraction of sp³-hybridized carbons (Fsp3) is 0.440. The molecule has 1 aliphatic carbocycles. The lowest BCUT2D eigenvalue weighted by Gasteiger charge is -2.40. The highest BCUT2D eigenvalue weighted by atomic mass is 19.1. The molecule has 0 radical (unpaired) electrons. The molecule has 2 aromatic rings. The molecule has 33 heavy (non-hydrogen) atoms. The van der Waals surface area contributed by atoms with Crippen LogP contribution in [0.3, 0.4) is 0 Å². The number of hydrogen-bond acceptors (Lipinski definition) is 5. The van der Waals surface area contributed by atoms with Gasteiger partial charge in [-0.15, -0.1) is 0 Å². The number of benzene rings is 2. The van der Waals surface area contributed by atoms with E-state index < -0.39 is 11.8 Å². The fourth-order valence-corrected chi connectivity index (χ4v) is 4.14. The lowest BCUT2D eigenvalue weighted by atomic mass is 10.0. The van der Waals surface area contributed by atoms with Crippen LogP contribution in [0.5, 0.6) is 0 Å². The van der Waals surface area contributed by atoms with Crippen LogP contribution in [0.15, 0.2) is 48.5 Å². The third kappa shape index (κ3) is 6.01. The van der Waals surface area contributed by atoms with Gasteiger partial charge in [0.2, 0.25) is 0 Å². The molecule has 0 spiro atoms. The topological polar surface area (TPSA) is 67.9 Å². The minimum atomic E-state index is -0.582. The summed E-state index contributed by atoms with van der Waals surface area (Å²) in [6, 6.07) is 15.0. The van der Waals surface area contributed by atoms with E-state index >= 15 is 0 Å². The van der Waals surface area contributed by atoms with E-state index in [1.807, 2.05) is 19.0 Å². The van der Waals surface area contributed by atoms with Crippen molar-refractivity contribution < 1.29 is 14.0 Å². The molecule has 1 atom stereocenters. The van der Waals surface area contributed by atoms with Gasteiger partial charge in [0.05, 0.1) is 6.04 Å². The van der Waals surface area contributed by atoms with Crippen molar-refractivity contribution in [3.8, 4) is 0 Å². The van der Waals surface area contributed by atoms with Gasteiger partial charge in [-0.1, -0.05) is 12.1 Å². The van der Waals surface area contributed by atoms with Crippen molar-refractivity contribution in [3.05, 3.63) is 59.9 Å². The zero-order valence-corrected chi connectivity index (χ0v) is 19.3. The Morgan fingerprint density at radius 2 is 1.61 bits per heavy atom.